The molecule has 0 aromatic carbocycles. The van der Waals surface area contributed by atoms with E-state index in [1.54, 1.807) is 7.11 Å². The minimum Gasteiger partial charge on any atom is -0.480 e. The molecule has 0 bridgehead atoms. The van der Waals surface area contributed by atoms with E-state index in [9.17, 15) is 4.21 Å². The van der Waals surface area contributed by atoms with Crippen molar-refractivity contribution in [2.75, 3.05) is 18.6 Å². The molecule has 0 aliphatic carbocycles. The first-order valence-electron chi connectivity index (χ1n) is 4.15. The molecule has 13 heavy (non-hydrogen) atoms. The highest BCUT2D eigenvalue weighted by Gasteiger charge is 2.28. The first-order valence-corrected chi connectivity index (χ1v) is 5.64. The van der Waals surface area contributed by atoms with E-state index < -0.39 is 10.8 Å². The maximum Gasteiger partial charge on any atom is 0.235 e. The van der Waals surface area contributed by atoms with Crippen LogP contribution in [-0.2, 0) is 10.8 Å². The lowest BCUT2D eigenvalue weighted by Crippen LogP contribution is -2.33. The van der Waals surface area contributed by atoms with Crippen LogP contribution in [0.1, 0.15) is 11.6 Å². The highest BCUT2D eigenvalue weighted by Crippen LogP contribution is 2.23. The van der Waals surface area contributed by atoms with E-state index in [2.05, 4.69) is 5.10 Å². The van der Waals surface area contributed by atoms with Crippen molar-refractivity contribution in [3.8, 4) is 5.88 Å². The number of hydrogen-bond acceptors (Lipinski definition) is 3. The van der Waals surface area contributed by atoms with Gasteiger partial charge >= 0.3 is 0 Å². The third kappa shape index (κ3) is 1.48. The quantitative estimate of drug-likeness (QED) is 0.698. The maximum absolute atomic E-state index is 10.9. The number of rotatable bonds is 2. The van der Waals surface area contributed by atoms with Gasteiger partial charge in [-0.25, -0.2) is 0 Å². The summed E-state index contributed by atoms with van der Waals surface area (Å²) in [4.78, 5) is 0. The Labute approximate surface area is 79.3 Å². The van der Waals surface area contributed by atoms with Crippen LogP contribution in [0.5, 0.6) is 5.88 Å². The average molecular weight is 200 g/mol. The van der Waals surface area contributed by atoms with Crippen LogP contribution in [0.25, 0.3) is 0 Å². The summed E-state index contributed by atoms with van der Waals surface area (Å²) in [7, 11) is 0.986. The van der Waals surface area contributed by atoms with Gasteiger partial charge in [0.1, 0.15) is 0 Å². The number of nitrogens with zero attached hydrogens (tertiary/aromatic N) is 2. The lowest BCUT2D eigenvalue weighted by Gasteiger charge is -2.24. The van der Waals surface area contributed by atoms with Gasteiger partial charge in [-0.1, -0.05) is 0 Å². The Balaban J connectivity index is 2.17. The molecule has 0 saturated carbocycles. The van der Waals surface area contributed by atoms with Crippen LogP contribution in [0.3, 0.4) is 0 Å². The van der Waals surface area contributed by atoms with Crippen LogP contribution >= 0.6 is 0 Å². The Morgan fingerprint density at radius 1 is 1.69 bits per heavy atom. The van der Waals surface area contributed by atoms with Gasteiger partial charge in [0.25, 0.3) is 0 Å². The molecule has 1 aliphatic heterocycles. The zero-order valence-electron chi connectivity index (χ0n) is 7.69. The lowest BCUT2D eigenvalue weighted by molar-refractivity contribution is 0.379. The summed E-state index contributed by atoms with van der Waals surface area (Å²) >= 11 is 0. The summed E-state index contributed by atoms with van der Waals surface area (Å²) in [5.74, 6) is 2.12. The van der Waals surface area contributed by atoms with Crippen LogP contribution in [0.2, 0.25) is 0 Å². The molecule has 72 valence electrons. The van der Waals surface area contributed by atoms with Gasteiger partial charge in [0, 0.05) is 34.1 Å². The molecule has 1 aromatic rings. The number of ether oxygens (including phenoxy) is 1. The van der Waals surface area contributed by atoms with Crippen molar-refractivity contribution < 1.29 is 8.95 Å². The predicted octanol–water partition coefficient (Wildman–Crippen LogP) is 0.504. The van der Waals surface area contributed by atoms with Crippen LogP contribution in [-0.4, -0.2) is 32.6 Å². The normalized spacial score (nSPS) is 26.9. The minimum atomic E-state index is -0.623. The molecule has 2 heterocycles. The fraction of sp³-hybridized carbons (Fsp3) is 0.625. The SMILES string of the molecule is COc1nn(C2CS(=O)C2)cc1C. The van der Waals surface area contributed by atoms with Gasteiger partial charge in [0.05, 0.1) is 13.2 Å². The number of aromatic nitrogens is 2. The second-order valence-electron chi connectivity index (χ2n) is 3.23. The largest absolute Gasteiger partial charge is 0.480 e. The van der Waals surface area contributed by atoms with E-state index in [0.717, 1.165) is 17.1 Å². The summed E-state index contributed by atoms with van der Waals surface area (Å²) in [6.45, 7) is 1.96. The van der Waals surface area contributed by atoms with Gasteiger partial charge in [0.15, 0.2) is 0 Å². The van der Waals surface area contributed by atoms with Crippen LogP contribution in [0, 0.1) is 6.92 Å². The smallest absolute Gasteiger partial charge is 0.235 e. The summed E-state index contributed by atoms with van der Waals surface area (Å²) < 4.78 is 17.8. The Bertz CT molecular complexity index is 340. The number of hydrogen-bond donors (Lipinski definition) is 0. The molecule has 0 amide bonds. The Morgan fingerprint density at radius 3 is 2.85 bits per heavy atom. The standard InChI is InChI=1S/C8H12N2O2S/c1-6-3-10(9-8(6)12-2)7-4-13(11)5-7/h3,7H,4-5H2,1-2H3. The van der Waals surface area contributed by atoms with Crippen molar-refractivity contribution >= 4 is 10.8 Å². The Morgan fingerprint density at radius 2 is 2.38 bits per heavy atom. The van der Waals surface area contributed by atoms with E-state index in [0.29, 0.717) is 11.9 Å². The highest BCUT2D eigenvalue weighted by atomic mass is 32.2. The van der Waals surface area contributed by atoms with E-state index in [1.807, 2.05) is 17.8 Å². The predicted molar refractivity (Wildman–Crippen MR) is 50.4 cm³/mol. The lowest BCUT2D eigenvalue weighted by atomic mass is 10.3. The molecule has 1 aromatic heterocycles. The number of methoxy groups -OCH3 is 1. The highest BCUT2D eigenvalue weighted by molar-refractivity contribution is 7.86. The minimum absolute atomic E-state index is 0.309. The second-order valence-corrected chi connectivity index (χ2v) is 4.77. The van der Waals surface area contributed by atoms with Crippen LogP contribution in [0.15, 0.2) is 6.20 Å². The fourth-order valence-electron chi connectivity index (χ4n) is 1.39. The van der Waals surface area contributed by atoms with Gasteiger partial charge in [-0.3, -0.25) is 8.89 Å². The summed E-state index contributed by atoms with van der Waals surface area (Å²) in [6.07, 6.45) is 1.94. The Kier molecular flexibility index (Phi) is 2.11. The molecule has 1 fully saturated rings. The summed E-state index contributed by atoms with van der Waals surface area (Å²) in [5.41, 5.74) is 1.03. The second kappa shape index (κ2) is 3.14. The van der Waals surface area contributed by atoms with Crippen LogP contribution < -0.4 is 4.74 Å². The molecular weight excluding hydrogens is 188 g/mol. The maximum atomic E-state index is 10.9. The van der Waals surface area contributed by atoms with E-state index in [1.165, 1.54) is 0 Å². The van der Waals surface area contributed by atoms with E-state index in [4.69, 9.17) is 4.74 Å². The molecule has 1 saturated heterocycles. The molecule has 0 N–H and O–H groups in total. The van der Waals surface area contributed by atoms with Crippen molar-refractivity contribution in [1.29, 1.82) is 0 Å². The first kappa shape index (κ1) is 8.74. The third-order valence-electron chi connectivity index (χ3n) is 2.19. The van der Waals surface area contributed by atoms with Crippen molar-refractivity contribution in [2.24, 2.45) is 0 Å². The van der Waals surface area contributed by atoms with Gasteiger partial charge < -0.3 is 4.74 Å². The first-order chi connectivity index (χ1) is 6.20. The fourth-order valence-corrected chi connectivity index (χ4v) is 2.45. The zero-order chi connectivity index (χ0) is 9.42. The summed E-state index contributed by atoms with van der Waals surface area (Å²) in [5, 5.41) is 4.24. The molecule has 1 aliphatic rings. The third-order valence-corrected chi connectivity index (χ3v) is 3.71. The molecule has 2 rings (SSSR count). The van der Waals surface area contributed by atoms with Gasteiger partial charge in [0.2, 0.25) is 5.88 Å². The molecule has 4 nitrogen and oxygen atoms in total. The molecule has 5 heteroatoms. The Hall–Kier alpha value is -0.840. The van der Waals surface area contributed by atoms with Crippen molar-refractivity contribution in [2.45, 2.75) is 13.0 Å². The van der Waals surface area contributed by atoms with Crippen molar-refractivity contribution in [3.63, 3.8) is 0 Å². The molecule has 0 spiro atoms. The zero-order valence-corrected chi connectivity index (χ0v) is 8.50. The van der Waals surface area contributed by atoms with Gasteiger partial charge in [-0.15, -0.1) is 5.10 Å². The molecule has 0 unspecified atom stereocenters. The van der Waals surface area contributed by atoms with Crippen LogP contribution in [0.4, 0.5) is 0 Å². The van der Waals surface area contributed by atoms with Crippen molar-refractivity contribution in [1.82, 2.24) is 9.78 Å². The van der Waals surface area contributed by atoms with E-state index in [-0.39, 0.29) is 0 Å². The van der Waals surface area contributed by atoms with Gasteiger partial charge in [-0.05, 0) is 6.92 Å². The topological polar surface area (TPSA) is 44.1 Å². The average Bonchev–Trinajstić information content (AvgIpc) is 2.41. The molecule has 0 radical (unpaired) electrons. The summed E-state index contributed by atoms with van der Waals surface area (Å²) in [6, 6.07) is 0.309. The monoisotopic (exact) mass is 200 g/mol. The van der Waals surface area contributed by atoms with E-state index >= 15 is 0 Å². The molecular formula is C8H12N2O2S. The van der Waals surface area contributed by atoms with Crippen molar-refractivity contribution in [3.05, 3.63) is 11.8 Å². The van der Waals surface area contributed by atoms with Gasteiger partial charge in [-0.2, -0.15) is 0 Å². The number of aryl methyl sites for hydroxylation is 1. The molecule has 0 atom stereocenters.